The van der Waals surface area contributed by atoms with E-state index in [9.17, 15) is 44.1 Å². The number of amides is 3. The van der Waals surface area contributed by atoms with Crippen LogP contribution in [-0.2, 0) is 35.2 Å². The number of H-pyrrole nitrogens is 1. The maximum Gasteiger partial charge on any atom is 0.326 e. The number of hydrogen-bond donors (Lipinski definition) is 7. The van der Waals surface area contributed by atoms with E-state index in [0.29, 0.717) is 6.42 Å². The van der Waals surface area contributed by atoms with Crippen LogP contribution in [0.5, 0.6) is 0 Å². The van der Waals surface area contributed by atoms with Crippen molar-refractivity contribution in [1.29, 1.82) is 0 Å². The number of rotatable bonds is 12. The summed E-state index contributed by atoms with van der Waals surface area (Å²) < 4.78 is 0. The van der Waals surface area contributed by atoms with Crippen LogP contribution in [0.25, 0.3) is 10.9 Å². The quantitative estimate of drug-likeness (QED) is 0.177. The molecule has 0 bridgehead atoms. The molecule has 4 unspecified atom stereocenters. The first-order valence-electron chi connectivity index (χ1n) is 11.9. The van der Waals surface area contributed by atoms with Crippen LogP contribution in [-0.4, -0.2) is 91.5 Å². The molecule has 8 N–H and O–H groups in total. The zero-order valence-electron chi connectivity index (χ0n) is 20.3. The minimum absolute atomic E-state index is 0.0553. The number of carboxylic acid groups (broad SMARTS) is 3. The number of aromatic amines is 1. The van der Waals surface area contributed by atoms with E-state index in [0.717, 1.165) is 21.4 Å². The number of nitrogens with one attached hydrogen (secondary N) is 3. The van der Waals surface area contributed by atoms with Crippen LogP contribution >= 0.6 is 0 Å². The van der Waals surface area contributed by atoms with Gasteiger partial charge in [0.05, 0.1) is 18.9 Å². The van der Waals surface area contributed by atoms with Crippen LogP contribution in [0.3, 0.4) is 0 Å². The van der Waals surface area contributed by atoms with E-state index in [1.807, 2.05) is 24.3 Å². The summed E-state index contributed by atoms with van der Waals surface area (Å²) in [6, 6.07) is 1.64. The Bertz CT molecular complexity index is 1240. The van der Waals surface area contributed by atoms with Gasteiger partial charge in [0.1, 0.15) is 18.1 Å². The Morgan fingerprint density at radius 2 is 1.61 bits per heavy atom. The van der Waals surface area contributed by atoms with Crippen molar-refractivity contribution in [2.75, 3.05) is 6.54 Å². The van der Waals surface area contributed by atoms with E-state index >= 15 is 0 Å². The molecule has 1 aliphatic heterocycles. The Morgan fingerprint density at radius 1 is 0.974 bits per heavy atom. The summed E-state index contributed by atoms with van der Waals surface area (Å²) in [4.78, 5) is 76.9. The summed E-state index contributed by atoms with van der Waals surface area (Å²) in [7, 11) is 0. The largest absolute Gasteiger partial charge is 0.481 e. The van der Waals surface area contributed by atoms with E-state index in [-0.39, 0.29) is 19.4 Å². The van der Waals surface area contributed by atoms with Crippen molar-refractivity contribution >= 4 is 46.5 Å². The molecule has 3 rings (SSSR count). The Hall–Kier alpha value is -4.46. The Labute approximate surface area is 216 Å². The van der Waals surface area contributed by atoms with E-state index in [2.05, 4.69) is 15.6 Å². The van der Waals surface area contributed by atoms with Gasteiger partial charge in [0.25, 0.3) is 0 Å². The highest BCUT2D eigenvalue weighted by atomic mass is 16.4. The lowest BCUT2D eigenvalue weighted by Crippen LogP contribution is -2.58. The third-order valence-corrected chi connectivity index (χ3v) is 6.28. The first-order valence-corrected chi connectivity index (χ1v) is 11.9. The average Bonchev–Trinajstić information content (AvgIpc) is 3.50. The molecule has 1 aromatic carbocycles. The predicted octanol–water partition coefficient (Wildman–Crippen LogP) is -0.968. The highest BCUT2D eigenvalue weighted by molar-refractivity contribution is 5.97. The van der Waals surface area contributed by atoms with E-state index in [4.69, 9.17) is 5.73 Å². The van der Waals surface area contributed by atoms with Crippen molar-refractivity contribution in [1.82, 2.24) is 20.5 Å². The van der Waals surface area contributed by atoms with Crippen LogP contribution in [0.2, 0.25) is 0 Å². The van der Waals surface area contributed by atoms with Crippen LogP contribution in [0.1, 0.15) is 31.2 Å². The van der Waals surface area contributed by atoms with Gasteiger partial charge in [-0.25, -0.2) is 4.79 Å². The highest BCUT2D eigenvalue weighted by Crippen LogP contribution is 2.20. The van der Waals surface area contributed by atoms with Crippen molar-refractivity contribution in [3.63, 3.8) is 0 Å². The lowest BCUT2D eigenvalue weighted by molar-refractivity contribution is -0.151. The SMILES string of the molecule is NC(Cc1c[nH]c2ccccc12)C(=O)NC(CC(=O)O)C(=O)NC(CC(=O)O)C(=O)N1CCCC1C(=O)O. The fourth-order valence-corrected chi connectivity index (χ4v) is 4.43. The van der Waals surface area contributed by atoms with Crippen molar-refractivity contribution in [2.24, 2.45) is 5.73 Å². The van der Waals surface area contributed by atoms with Gasteiger partial charge in [0.2, 0.25) is 17.7 Å². The monoisotopic (exact) mass is 531 g/mol. The number of carbonyl (C=O) groups excluding carboxylic acids is 3. The zero-order valence-corrected chi connectivity index (χ0v) is 20.3. The molecule has 0 spiro atoms. The zero-order chi connectivity index (χ0) is 28.0. The summed E-state index contributed by atoms with van der Waals surface area (Å²) in [5.41, 5.74) is 7.58. The van der Waals surface area contributed by atoms with Gasteiger partial charge in [-0.2, -0.15) is 0 Å². The lowest BCUT2D eigenvalue weighted by Gasteiger charge is -2.28. The summed E-state index contributed by atoms with van der Waals surface area (Å²) in [6.07, 6.45) is 0.560. The topological polar surface area (TPSA) is 232 Å². The summed E-state index contributed by atoms with van der Waals surface area (Å²) in [5, 5.41) is 33.1. The van der Waals surface area contributed by atoms with Crippen molar-refractivity contribution in [3.8, 4) is 0 Å². The Morgan fingerprint density at radius 3 is 2.26 bits per heavy atom. The molecule has 3 amide bonds. The third-order valence-electron chi connectivity index (χ3n) is 6.28. The number of fused-ring (bicyclic) bond motifs is 1. The maximum atomic E-state index is 12.9. The average molecular weight is 532 g/mol. The Kier molecular flexibility index (Phi) is 9.02. The molecule has 38 heavy (non-hydrogen) atoms. The molecule has 0 radical (unpaired) electrons. The van der Waals surface area contributed by atoms with Gasteiger partial charge in [-0.3, -0.25) is 24.0 Å². The smallest absolute Gasteiger partial charge is 0.326 e. The number of para-hydroxylation sites is 1. The molecular weight excluding hydrogens is 502 g/mol. The van der Waals surface area contributed by atoms with E-state index < -0.39 is 72.6 Å². The first kappa shape index (κ1) is 28.1. The van der Waals surface area contributed by atoms with Crippen molar-refractivity contribution in [2.45, 2.75) is 56.3 Å². The second-order valence-electron chi connectivity index (χ2n) is 9.02. The number of aliphatic carboxylic acids is 3. The molecule has 0 saturated carbocycles. The minimum Gasteiger partial charge on any atom is -0.481 e. The fraction of sp³-hybridized carbons (Fsp3) is 0.417. The molecule has 1 saturated heterocycles. The van der Waals surface area contributed by atoms with Gasteiger partial charge in [-0.1, -0.05) is 18.2 Å². The molecular formula is C24H29N5O9. The predicted molar refractivity (Wildman–Crippen MR) is 131 cm³/mol. The van der Waals surface area contributed by atoms with Gasteiger partial charge in [0.15, 0.2) is 0 Å². The van der Waals surface area contributed by atoms with Gasteiger partial charge >= 0.3 is 17.9 Å². The molecule has 4 atom stereocenters. The molecule has 0 aliphatic carbocycles. The number of nitrogens with zero attached hydrogens (tertiary/aromatic N) is 1. The molecule has 2 heterocycles. The third kappa shape index (κ3) is 6.85. The number of carboxylic acids is 3. The van der Waals surface area contributed by atoms with Gasteiger partial charge in [0, 0.05) is 23.6 Å². The van der Waals surface area contributed by atoms with E-state index in [1.54, 1.807) is 6.20 Å². The standard InChI is InChI=1S/C24H29N5O9/c25-14(8-12-11-26-15-5-2-1-4-13(12)15)21(34)27-16(9-19(30)31)22(35)28-17(10-20(32)33)23(36)29-7-3-6-18(29)24(37)38/h1-2,4-5,11,14,16-18,26H,3,6-10,25H2,(H,27,34)(H,28,35)(H,30,31)(H,32,33)(H,37,38). The number of carbonyl (C=O) groups is 6. The highest BCUT2D eigenvalue weighted by Gasteiger charge is 2.39. The van der Waals surface area contributed by atoms with Crippen LogP contribution < -0.4 is 16.4 Å². The Balaban J connectivity index is 1.72. The first-order chi connectivity index (χ1) is 18.0. The molecule has 1 fully saturated rings. The van der Waals surface area contributed by atoms with Crippen LogP contribution in [0.15, 0.2) is 30.5 Å². The summed E-state index contributed by atoms with van der Waals surface area (Å²) in [6.45, 7) is 0.0553. The number of nitrogens with two attached hydrogens (primary N) is 1. The normalized spacial score (nSPS) is 17.4. The van der Waals surface area contributed by atoms with Crippen LogP contribution in [0.4, 0.5) is 0 Å². The second kappa shape index (κ2) is 12.2. The minimum atomic E-state index is -1.67. The van der Waals surface area contributed by atoms with Gasteiger partial charge in [-0.05, 0) is 30.9 Å². The molecule has 14 heteroatoms. The summed E-state index contributed by atoms with van der Waals surface area (Å²) in [5.74, 6) is -7.04. The van der Waals surface area contributed by atoms with Gasteiger partial charge in [-0.15, -0.1) is 0 Å². The molecule has 14 nitrogen and oxygen atoms in total. The van der Waals surface area contributed by atoms with Crippen LogP contribution in [0, 0.1) is 0 Å². The second-order valence-corrected chi connectivity index (χ2v) is 9.02. The number of likely N-dealkylation sites (tertiary alicyclic amines) is 1. The maximum absolute atomic E-state index is 12.9. The fourth-order valence-electron chi connectivity index (χ4n) is 4.43. The lowest BCUT2D eigenvalue weighted by atomic mass is 10.0. The number of benzene rings is 1. The van der Waals surface area contributed by atoms with Crippen molar-refractivity contribution in [3.05, 3.63) is 36.0 Å². The van der Waals surface area contributed by atoms with E-state index in [1.165, 1.54) is 0 Å². The molecule has 204 valence electrons. The number of hydrogen-bond acceptors (Lipinski definition) is 7. The number of aromatic nitrogens is 1. The van der Waals surface area contributed by atoms with Crippen molar-refractivity contribution < 1.29 is 44.1 Å². The molecule has 1 aliphatic rings. The van der Waals surface area contributed by atoms with Gasteiger partial charge < -0.3 is 41.6 Å². The molecule has 1 aromatic heterocycles. The molecule has 2 aromatic rings. The summed E-state index contributed by atoms with van der Waals surface area (Å²) >= 11 is 0.